The fourth-order valence-electron chi connectivity index (χ4n) is 1.81. The maximum Gasteiger partial charge on any atom is 0.349 e. The van der Waals surface area contributed by atoms with Crippen molar-refractivity contribution in [1.82, 2.24) is 0 Å². The van der Waals surface area contributed by atoms with E-state index in [1.165, 1.54) is 0 Å². The fourth-order valence-corrected chi connectivity index (χ4v) is 1.81. The lowest BCUT2D eigenvalue weighted by molar-refractivity contribution is -0.136. The summed E-state index contributed by atoms with van der Waals surface area (Å²) in [5.41, 5.74) is 2.23. The zero-order valence-electron chi connectivity index (χ0n) is 12.4. The third-order valence-corrected chi connectivity index (χ3v) is 3.12. The molecule has 0 heterocycles. The average Bonchev–Trinajstić information content (AvgIpc) is 2.49. The molecule has 21 heavy (non-hydrogen) atoms. The Balaban J connectivity index is 1.94. The molecule has 2 aromatic rings. The van der Waals surface area contributed by atoms with Gasteiger partial charge in [-0.25, -0.2) is 4.79 Å². The smallest absolute Gasteiger partial charge is 0.349 e. The fraction of sp³-hybridized carbons (Fsp3) is 0.235. The van der Waals surface area contributed by atoms with E-state index in [0.717, 1.165) is 11.1 Å². The summed E-state index contributed by atoms with van der Waals surface area (Å²) < 4.78 is 15.8. The summed E-state index contributed by atoms with van der Waals surface area (Å²) in [5, 5.41) is 0. The van der Waals surface area contributed by atoms with Crippen LogP contribution in [0.15, 0.2) is 42.5 Å². The van der Waals surface area contributed by atoms with E-state index in [9.17, 15) is 4.79 Å². The van der Waals surface area contributed by atoms with Crippen LogP contribution < -0.4 is 14.2 Å². The molecule has 0 spiro atoms. The maximum atomic E-state index is 11.8. The van der Waals surface area contributed by atoms with E-state index in [0.29, 0.717) is 17.2 Å². The Morgan fingerprint density at radius 2 is 1.71 bits per heavy atom. The minimum Gasteiger partial charge on any atom is -0.493 e. The van der Waals surface area contributed by atoms with E-state index in [-0.39, 0.29) is 6.61 Å². The number of rotatable bonds is 5. The van der Waals surface area contributed by atoms with E-state index >= 15 is 0 Å². The van der Waals surface area contributed by atoms with Crippen molar-refractivity contribution in [3.05, 3.63) is 53.6 Å². The molecular weight excluding hydrogens is 268 g/mol. The van der Waals surface area contributed by atoms with Crippen LogP contribution in [0.4, 0.5) is 0 Å². The first-order chi connectivity index (χ1) is 10.1. The topological polar surface area (TPSA) is 44.8 Å². The van der Waals surface area contributed by atoms with E-state index in [2.05, 4.69) is 0 Å². The first kappa shape index (κ1) is 14.9. The molecule has 4 nitrogen and oxygen atoms in total. The number of methoxy groups -OCH3 is 1. The monoisotopic (exact) mass is 286 g/mol. The maximum absolute atomic E-state index is 11.8. The third-order valence-electron chi connectivity index (χ3n) is 3.12. The van der Waals surface area contributed by atoms with E-state index in [4.69, 9.17) is 14.2 Å². The lowest BCUT2D eigenvalue weighted by Crippen LogP contribution is -2.18. The van der Waals surface area contributed by atoms with Gasteiger partial charge in [-0.1, -0.05) is 18.2 Å². The Kier molecular flexibility index (Phi) is 4.82. The van der Waals surface area contributed by atoms with Gasteiger partial charge in [0.15, 0.2) is 18.1 Å². The number of hydrogen-bond acceptors (Lipinski definition) is 4. The number of para-hydroxylation sites is 2. The highest BCUT2D eigenvalue weighted by Crippen LogP contribution is 2.25. The van der Waals surface area contributed by atoms with Gasteiger partial charge in [0.25, 0.3) is 0 Å². The summed E-state index contributed by atoms with van der Waals surface area (Å²) in [7, 11) is 1.55. The second-order valence-electron chi connectivity index (χ2n) is 4.66. The molecule has 4 heteroatoms. The first-order valence-electron chi connectivity index (χ1n) is 6.64. The molecule has 0 aliphatic heterocycles. The molecule has 0 radical (unpaired) electrons. The van der Waals surface area contributed by atoms with Crippen LogP contribution in [0.1, 0.15) is 11.1 Å². The van der Waals surface area contributed by atoms with Crippen LogP contribution >= 0.6 is 0 Å². The number of benzene rings is 2. The van der Waals surface area contributed by atoms with Crippen LogP contribution in [-0.4, -0.2) is 19.7 Å². The van der Waals surface area contributed by atoms with Crippen molar-refractivity contribution < 1.29 is 19.0 Å². The van der Waals surface area contributed by atoms with Crippen molar-refractivity contribution in [3.63, 3.8) is 0 Å². The lowest BCUT2D eigenvalue weighted by atomic mass is 10.1. The molecule has 2 rings (SSSR count). The largest absolute Gasteiger partial charge is 0.493 e. The van der Waals surface area contributed by atoms with Crippen molar-refractivity contribution in [1.29, 1.82) is 0 Å². The van der Waals surface area contributed by atoms with E-state index in [1.54, 1.807) is 25.3 Å². The van der Waals surface area contributed by atoms with Crippen LogP contribution in [0.25, 0.3) is 0 Å². The van der Waals surface area contributed by atoms with Gasteiger partial charge in [-0.15, -0.1) is 0 Å². The minimum atomic E-state index is -0.454. The van der Waals surface area contributed by atoms with Gasteiger partial charge in [-0.2, -0.15) is 0 Å². The minimum absolute atomic E-state index is 0.173. The molecule has 0 fully saturated rings. The molecule has 0 aromatic heterocycles. The predicted molar refractivity (Wildman–Crippen MR) is 80.0 cm³/mol. The van der Waals surface area contributed by atoms with Crippen LogP contribution in [0.5, 0.6) is 17.2 Å². The SMILES string of the molecule is COc1ccccc1OCC(=O)Oc1ccc(C)c(C)c1. The zero-order valence-corrected chi connectivity index (χ0v) is 12.4. The van der Waals surface area contributed by atoms with Crippen molar-refractivity contribution >= 4 is 5.97 Å². The van der Waals surface area contributed by atoms with Gasteiger partial charge in [0, 0.05) is 0 Å². The normalized spacial score (nSPS) is 10.0. The quantitative estimate of drug-likeness (QED) is 0.625. The molecule has 0 saturated carbocycles. The van der Waals surface area contributed by atoms with Gasteiger partial charge >= 0.3 is 5.97 Å². The molecule has 110 valence electrons. The average molecular weight is 286 g/mol. The second-order valence-corrected chi connectivity index (χ2v) is 4.66. The number of carbonyl (C=O) groups excluding carboxylic acids is 1. The van der Waals surface area contributed by atoms with Crippen molar-refractivity contribution in [2.75, 3.05) is 13.7 Å². The van der Waals surface area contributed by atoms with Gasteiger partial charge in [0.2, 0.25) is 0 Å². The van der Waals surface area contributed by atoms with Gasteiger partial charge in [0.1, 0.15) is 5.75 Å². The summed E-state index contributed by atoms with van der Waals surface area (Å²) in [6, 6.07) is 12.7. The van der Waals surface area contributed by atoms with Crippen molar-refractivity contribution in [2.24, 2.45) is 0 Å². The standard InChI is InChI=1S/C17H18O4/c1-12-8-9-14(10-13(12)2)21-17(18)11-20-16-7-5-4-6-15(16)19-3/h4-10H,11H2,1-3H3. The third kappa shape index (κ3) is 3.99. The molecule has 0 bridgehead atoms. The summed E-state index contributed by atoms with van der Waals surface area (Å²) in [6.45, 7) is 3.80. The van der Waals surface area contributed by atoms with E-state index < -0.39 is 5.97 Å². The predicted octanol–water partition coefficient (Wildman–Crippen LogP) is 3.30. The van der Waals surface area contributed by atoms with Crippen molar-refractivity contribution in [3.8, 4) is 17.2 Å². The highest BCUT2D eigenvalue weighted by Gasteiger charge is 2.09. The van der Waals surface area contributed by atoms with Crippen molar-refractivity contribution in [2.45, 2.75) is 13.8 Å². The second kappa shape index (κ2) is 6.79. The Morgan fingerprint density at radius 1 is 1.00 bits per heavy atom. The summed E-state index contributed by atoms with van der Waals surface area (Å²) in [6.07, 6.45) is 0. The molecule has 0 amide bonds. The molecule has 0 unspecified atom stereocenters. The Morgan fingerprint density at radius 3 is 2.38 bits per heavy atom. The van der Waals surface area contributed by atoms with Gasteiger partial charge in [0.05, 0.1) is 7.11 Å². The summed E-state index contributed by atoms with van der Waals surface area (Å²) in [5.74, 6) is 1.16. The number of carbonyl (C=O) groups is 1. The van der Waals surface area contributed by atoms with Gasteiger partial charge in [-0.05, 0) is 49.2 Å². The number of aryl methyl sites for hydroxylation is 2. The molecule has 2 aromatic carbocycles. The Labute approximate surface area is 124 Å². The number of ether oxygens (including phenoxy) is 3. The highest BCUT2D eigenvalue weighted by atomic mass is 16.6. The van der Waals surface area contributed by atoms with E-state index in [1.807, 2.05) is 38.1 Å². The lowest BCUT2D eigenvalue weighted by Gasteiger charge is -2.10. The first-order valence-corrected chi connectivity index (χ1v) is 6.64. The van der Waals surface area contributed by atoms with Crippen LogP contribution in [0.3, 0.4) is 0 Å². The summed E-state index contributed by atoms with van der Waals surface area (Å²) >= 11 is 0. The number of hydrogen-bond donors (Lipinski definition) is 0. The highest BCUT2D eigenvalue weighted by molar-refractivity contribution is 5.74. The molecule has 0 N–H and O–H groups in total. The molecule has 0 saturated heterocycles. The summed E-state index contributed by atoms with van der Waals surface area (Å²) in [4.78, 5) is 11.8. The van der Waals surface area contributed by atoms with Crippen LogP contribution in [0.2, 0.25) is 0 Å². The Hall–Kier alpha value is -2.49. The molecule has 0 aliphatic rings. The molecular formula is C17H18O4. The van der Waals surface area contributed by atoms with Gasteiger partial charge < -0.3 is 14.2 Å². The van der Waals surface area contributed by atoms with Crippen LogP contribution in [-0.2, 0) is 4.79 Å². The number of esters is 1. The Bertz CT molecular complexity index is 634. The zero-order chi connectivity index (χ0) is 15.2. The van der Waals surface area contributed by atoms with Gasteiger partial charge in [-0.3, -0.25) is 0 Å². The molecule has 0 atom stereocenters. The van der Waals surface area contributed by atoms with Crippen LogP contribution in [0, 0.1) is 13.8 Å². The molecule has 0 aliphatic carbocycles.